The molecule has 2 aromatic carbocycles. The fraction of sp³-hybridized carbons (Fsp3) is 0.379. The molecular formula is C29H36N4O7S2. The molecule has 0 spiro atoms. The number of aliphatic hydroxyl groups is 1. The number of sulfonamides is 1. The van der Waals surface area contributed by atoms with E-state index in [-0.39, 0.29) is 41.6 Å². The molecule has 2 heterocycles. The van der Waals surface area contributed by atoms with Crippen molar-refractivity contribution in [2.45, 2.75) is 36.6 Å². The molecular weight excluding hydrogens is 580 g/mol. The standard InChI is InChI=1S/C29H36N4O7S2/c1-19-16-33(20(2)18-34)27(35)15-21-14-23(31-42(37,38)28-6-5-13-41-28)9-12-25(21)40-26(19)17-32(3)29(36)30-22-7-10-24(39-4)11-8-22/h5-14,19-20,26,31,34H,15-18H2,1-4H3,(H,30,36)/t19-,20+,26-/m1/s1. The number of hydrogen-bond donors (Lipinski definition) is 3. The Hall–Kier alpha value is -3.81. The maximum absolute atomic E-state index is 13.4. The molecule has 0 radical (unpaired) electrons. The third-order valence-corrected chi connectivity index (χ3v) is 9.85. The van der Waals surface area contributed by atoms with E-state index in [1.165, 1.54) is 11.0 Å². The lowest BCUT2D eigenvalue weighted by Crippen LogP contribution is -2.48. The van der Waals surface area contributed by atoms with E-state index >= 15 is 0 Å². The van der Waals surface area contributed by atoms with Crippen molar-refractivity contribution in [1.29, 1.82) is 0 Å². The van der Waals surface area contributed by atoms with Gasteiger partial charge in [0.05, 0.1) is 32.7 Å². The number of amides is 3. The highest BCUT2D eigenvalue weighted by Crippen LogP contribution is 2.30. The summed E-state index contributed by atoms with van der Waals surface area (Å²) in [6.45, 7) is 3.97. The summed E-state index contributed by atoms with van der Waals surface area (Å²) in [5.74, 6) is 0.646. The van der Waals surface area contributed by atoms with Crippen LogP contribution in [0.2, 0.25) is 0 Å². The van der Waals surface area contributed by atoms with Gasteiger partial charge in [-0.1, -0.05) is 13.0 Å². The van der Waals surface area contributed by atoms with Crippen LogP contribution in [0.5, 0.6) is 11.5 Å². The number of urea groups is 1. The van der Waals surface area contributed by atoms with E-state index in [0.717, 1.165) is 11.3 Å². The van der Waals surface area contributed by atoms with Gasteiger partial charge in [0.15, 0.2) is 0 Å². The average molecular weight is 617 g/mol. The van der Waals surface area contributed by atoms with Crippen LogP contribution in [0, 0.1) is 5.92 Å². The number of carbonyl (C=O) groups excluding carboxylic acids is 2. The van der Waals surface area contributed by atoms with E-state index in [4.69, 9.17) is 9.47 Å². The normalized spacial score (nSPS) is 18.0. The summed E-state index contributed by atoms with van der Waals surface area (Å²) < 4.78 is 40.0. The van der Waals surface area contributed by atoms with Crippen molar-refractivity contribution >= 4 is 44.7 Å². The monoisotopic (exact) mass is 616 g/mol. The number of likely N-dealkylation sites (N-methyl/N-ethyl adjacent to an activating group) is 1. The first-order chi connectivity index (χ1) is 20.0. The van der Waals surface area contributed by atoms with Crippen LogP contribution in [-0.2, 0) is 21.2 Å². The molecule has 1 aromatic heterocycles. The van der Waals surface area contributed by atoms with Crippen molar-refractivity contribution in [2.24, 2.45) is 5.92 Å². The third-order valence-electron chi connectivity index (χ3n) is 7.07. The number of methoxy groups -OCH3 is 1. The number of benzene rings is 2. The summed E-state index contributed by atoms with van der Waals surface area (Å²) in [5.41, 5.74) is 1.39. The van der Waals surface area contributed by atoms with E-state index in [2.05, 4.69) is 10.0 Å². The maximum Gasteiger partial charge on any atom is 0.321 e. The first-order valence-electron chi connectivity index (χ1n) is 13.4. The molecule has 3 N–H and O–H groups in total. The lowest BCUT2D eigenvalue weighted by Gasteiger charge is -2.34. The lowest BCUT2D eigenvalue weighted by atomic mass is 10.0. The Balaban J connectivity index is 1.59. The minimum atomic E-state index is -3.80. The molecule has 13 heteroatoms. The SMILES string of the molecule is COc1ccc(NC(=O)N(C)C[C@H]2Oc3ccc(NS(=O)(=O)c4cccs4)cc3CC(=O)N([C@@H](C)CO)C[C@H]2C)cc1. The Labute approximate surface area is 250 Å². The molecule has 4 rings (SSSR count). The molecule has 11 nitrogen and oxygen atoms in total. The van der Waals surface area contributed by atoms with Gasteiger partial charge < -0.3 is 29.7 Å². The van der Waals surface area contributed by atoms with Crippen molar-refractivity contribution in [3.05, 3.63) is 65.5 Å². The van der Waals surface area contributed by atoms with Crippen LogP contribution in [0.3, 0.4) is 0 Å². The van der Waals surface area contributed by atoms with Crippen LogP contribution in [0.25, 0.3) is 0 Å². The van der Waals surface area contributed by atoms with Gasteiger partial charge >= 0.3 is 6.03 Å². The van der Waals surface area contributed by atoms with E-state index in [9.17, 15) is 23.1 Å². The molecule has 0 fully saturated rings. The smallest absolute Gasteiger partial charge is 0.321 e. The van der Waals surface area contributed by atoms with Crippen LogP contribution in [0.1, 0.15) is 19.4 Å². The number of fused-ring (bicyclic) bond motifs is 1. The molecule has 0 saturated heterocycles. The molecule has 42 heavy (non-hydrogen) atoms. The molecule has 226 valence electrons. The molecule has 0 saturated carbocycles. The second-order valence-electron chi connectivity index (χ2n) is 10.3. The Bertz CT molecular complexity index is 1480. The molecule has 0 unspecified atom stereocenters. The maximum atomic E-state index is 13.4. The quantitative estimate of drug-likeness (QED) is 0.332. The number of nitrogens with one attached hydrogen (secondary N) is 2. The minimum absolute atomic E-state index is 0.0541. The van der Waals surface area contributed by atoms with Crippen molar-refractivity contribution in [2.75, 3.05) is 43.9 Å². The number of rotatable bonds is 9. The zero-order chi connectivity index (χ0) is 30.4. The molecule has 3 aromatic rings. The van der Waals surface area contributed by atoms with Crippen LogP contribution in [-0.4, -0.2) is 81.3 Å². The first-order valence-corrected chi connectivity index (χ1v) is 15.8. The first kappa shape index (κ1) is 31.1. The van der Waals surface area contributed by atoms with Gasteiger partial charge in [-0.25, -0.2) is 13.2 Å². The Morgan fingerprint density at radius 1 is 1.21 bits per heavy atom. The van der Waals surface area contributed by atoms with E-state index in [0.29, 0.717) is 35.0 Å². The summed E-state index contributed by atoms with van der Waals surface area (Å²) in [5, 5.41) is 14.4. The van der Waals surface area contributed by atoms with Gasteiger partial charge in [0, 0.05) is 36.4 Å². The predicted molar refractivity (Wildman–Crippen MR) is 162 cm³/mol. The second kappa shape index (κ2) is 13.4. The number of nitrogens with zero attached hydrogens (tertiary/aromatic N) is 2. The zero-order valence-electron chi connectivity index (χ0n) is 23.9. The van der Waals surface area contributed by atoms with E-state index in [1.807, 2.05) is 6.92 Å². The van der Waals surface area contributed by atoms with Gasteiger partial charge in [0.25, 0.3) is 10.0 Å². The van der Waals surface area contributed by atoms with Gasteiger partial charge in [-0.05, 0) is 60.8 Å². The van der Waals surface area contributed by atoms with Crippen molar-refractivity contribution in [3.63, 3.8) is 0 Å². The van der Waals surface area contributed by atoms with Gasteiger partial charge in [-0.3, -0.25) is 9.52 Å². The van der Waals surface area contributed by atoms with Crippen LogP contribution in [0.4, 0.5) is 16.2 Å². The Morgan fingerprint density at radius 3 is 2.57 bits per heavy atom. The topological polar surface area (TPSA) is 138 Å². The summed E-state index contributed by atoms with van der Waals surface area (Å²) >= 11 is 1.10. The number of anilines is 2. The largest absolute Gasteiger partial charge is 0.497 e. The zero-order valence-corrected chi connectivity index (χ0v) is 25.6. The van der Waals surface area contributed by atoms with Gasteiger partial charge in [0.2, 0.25) is 5.91 Å². The molecule has 0 bridgehead atoms. The van der Waals surface area contributed by atoms with Crippen molar-refractivity contribution < 1.29 is 32.6 Å². The lowest BCUT2D eigenvalue weighted by molar-refractivity contribution is -0.134. The van der Waals surface area contributed by atoms with Crippen molar-refractivity contribution in [3.8, 4) is 11.5 Å². The van der Waals surface area contributed by atoms with Gasteiger partial charge in [-0.2, -0.15) is 0 Å². The van der Waals surface area contributed by atoms with E-state index < -0.39 is 22.2 Å². The highest BCUT2D eigenvalue weighted by molar-refractivity contribution is 7.94. The summed E-state index contributed by atoms with van der Waals surface area (Å²) in [7, 11) is -0.571. The minimum Gasteiger partial charge on any atom is -0.497 e. The van der Waals surface area contributed by atoms with E-state index in [1.54, 1.807) is 79.9 Å². The number of hydrogen-bond acceptors (Lipinski definition) is 8. The Morgan fingerprint density at radius 2 is 1.93 bits per heavy atom. The van der Waals surface area contributed by atoms with Gasteiger partial charge in [-0.15, -0.1) is 11.3 Å². The molecule has 3 amide bonds. The number of carbonyl (C=O) groups is 2. The fourth-order valence-corrected chi connectivity index (χ4v) is 6.62. The van der Waals surface area contributed by atoms with Gasteiger partial charge in [0.1, 0.15) is 21.8 Å². The van der Waals surface area contributed by atoms with Crippen LogP contribution < -0.4 is 19.5 Å². The summed E-state index contributed by atoms with van der Waals surface area (Å²) in [6, 6.07) is 14.2. The third kappa shape index (κ3) is 7.52. The number of thiophene rings is 1. The average Bonchev–Trinajstić information content (AvgIpc) is 3.53. The summed E-state index contributed by atoms with van der Waals surface area (Å²) in [6.07, 6.45) is -0.579. The predicted octanol–water partition coefficient (Wildman–Crippen LogP) is 3.87. The second-order valence-corrected chi connectivity index (χ2v) is 13.1. The number of aliphatic hydroxyl groups excluding tert-OH is 1. The molecule has 1 aliphatic rings. The molecule has 3 atom stereocenters. The number of ether oxygens (including phenoxy) is 2. The Kier molecular flexibility index (Phi) is 9.97. The molecule has 0 aliphatic carbocycles. The van der Waals surface area contributed by atoms with Crippen molar-refractivity contribution in [1.82, 2.24) is 9.80 Å². The highest BCUT2D eigenvalue weighted by Gasteiger charge is 2.32. The van der Waals surface area contributed by atoms with Crippen LogP contribution in [0.15, 0.2) is 64.2 Å². The highest BCUT2D eigenvalue weighted by atomic mass is 32.2. The molecule has 1 aliphatic heterocycles. The summed E-state index contributed by atoms with van der Waals surface area (Å²) in [4.78, 5) is 29.6. The van der Waals surface area contributed by atoms with Crippen LogP contribution >= 0.6 is 11.3 Å². The fourth-order valence-electron chi connectivity index (χ4n) is 4.58.